The van der Waals surface area contributed by atoms with E-state index in [1.165, 1.54) is 12.8 Å². The molecule has 74 valence electrons. The number of hydrogen-bond donors (Lipinski definition) is 0. The lowest BCUT2D eigenvalue weighted by Crippen LogP contribution is -2.24. The van der Waals surface area contributed by atoms with E-state index in [0.717, 1.165) is 25.7 Å². The minimum absolute atomic E-state index is 0.0388. The van der Waals surface area contributed by atoms with Crippen LogP contribution in [0.25, 0.3) is 0 Å². The molecule has 2 nitrogen and oxygen atoms in total. The molecule has 1 aliphatic carbocycles. The van der Waals surface area contributed by atoms with Gasteiger partial charge in [0.1, 0.15) is 5.60 Å². The van der Waals surface area contributed by atoms with E-state index in [0.29, 0.717) is 0 Å². The molecule has 1 spiro atoms. The molecule has 0 radical (unpaired) electrons. The van der Waals surface area contributed by atoms with Crippen molar-refractivity contribution in [2.45, 2.75) is 58.0 Å². The second-order valence-corrected chi connectivity index (χ2v) is 4.87. The first-order valence-electron chi connectivity index (χ1n) is 5.34. The van der Waals surface area contributed by atoms with E-state index in [4.69, 9.17) is 4.74 Å². The number of rotatable bonds is 1. The molecule has 0 aromatic rings. The van der Waals surface area contributed by atoms with Crippen molar-refractivity contribution < 1.29 is 9.53 Å². The first-order chi connectivity index (χ1) is 6.10. The summed E-state index contributed by atoms with van der Waals surface area (Å²) in [5.41, 5.74) is -0.244. The summed E-state index contributed by atoms with van der Waals surface area (Å²) in [5, 5.41) is 0. The van der Waals surface area contributed by atoms with E-state index < -0.39 is 0 Å². The van der Waals surface area contributed by atoms with Gasteiger partial charge in [-0.1, -0.05) is 6.92 Å². The molecule has 2 aliphatic rings. The summed E-state index contributed by atoms with van der Waals surface area (Å²) >= 11 is 0. The Morgan fingerprint density at radius 2 is 2.00 bits per heavy atom. The molecule has 2 heteroatoms. The largest absolute Gasteiger partial charge is 0.459 e. The number of carbonyl (C=O) groups is 1. The number of ether oxygens (including phenoxy) is 1. The van der Waals surface area contributed by atoms with Crippen LogP contribution in [-0.2, 0) is 9.53 Å². The lowest BCUT2D eigenvalue weighted by molar-refractivity contribution is -0.153. The van der Waals surface area contributed by atoms with Crippen molar-refractivity contribution in [2.24, 2.45) is 5.41 Å². The molecule has 1 aliphatic heterocycles. The first-order valence-corrected chi connectivity index (χ1v) is 5.34. The van der Waals surface area contributed by atoms with Gasteiger partial charge in [-0.25, -0.2) is 0 Å². The molecule has 0 aromatic heterocycles. The average Bonchev–Trinajstić information content (AvgIpc) is 2.61. The van der Waals surface area contributed by atoms with Crippen molar-refractivity contribution in [3.63, 3.8) is 0 Å². The van der Waals surface area contributed by atoms with Gasteiger partial charge in [-0.05, 0) is 39.0 Å². The Kier molecular flexibility index (Phi) is 1.90. The predicted octanol–water partition coefficient (Wildman–Crippen LogP) is 2.66. The summed E-state index contributed by atoms with van der Waals surface area (Å²) in [5.74, 6) is 0.0388. The fourth-order valence-electron chi connectivity index (χ4n) is 2.71. The topological polar surface area (TPSA) is 26.3 Å². The molecule has 0 bridgehead atoms. The van der Waals surface area contributed by atoms with E-state index in [1.807, 2.05) is 6.92 Å². The van der Waals surface area contributed by atoms with Crippen LogP contribution in [0.1, 0.15) is 52.4 Å². The Balaban J connectivity index is 2.18. The van der Waals surface area contributed by atoms with Crippen molar-refractivity contribution in [3.8, 4) is 0 Å². The van der Waals surface area contributed by atoms with Gasteiger partial charge < -0.3 is 4.74 Å². The van der Waals surface area contributed by atoms with Gasteiger partial charge in [0.05, 0.1) is 5.41 Å². The van der Waals surface area contributed by atoms with Crippen LogP contribution in [0.2, 0.25) is 0 Å². The van der Waals surface area contributed by atoms with E-state index in [1.54, 1.807) is 0 Å². The normalized spacial score (nSPS) is 36.9. The Labute approximate surface area is 79.7 Å². The zero-order valence-corrected chi connectivity index (χ0v) is 8.56. The molecule has 2 rings (SSSR count). The monoisotopic (exact) mass is 182 g/mol. The third-order valence-corrected chi connectivity index (χ3v) is 3.81. The fraction of sp³-hybridized carbons (Fsp3) is 0.909. The molecule has 0 N–H and O–H groups in total. The molecular weight excluding hydrogens is 164 g/mol. The number of hydrogen-bond acceptors (Lipinski definition) is 2. The highest BCUT2D eigenvalue weighted by Crippen LogP contribution is 2.50. The minimum atomic E-state index is -0.190. The summed E-state index contributed by atoms with van der Waals surface area (Å²) in [4.78, 5) is 11.7. The van der Waals surface area contributed by atoms with E-state index in [9.17, 15) is 4.79 Å². The Morgan fingerprint density at radius 3 is 2.46 bits per heavy atom. The molecule has 0 aromatic carbocycles. The van der Waals surface area contributed by atoms with Gasteiger partial charge in [0.2, 0.25) is 0 Å². The van der Waals surface area contributed by atoms with Gasteiger partial charge in [0, 0.05) is 6.42 Å². The SMILES string of the molecule is CCC1(C)CC2(CCCC2)OC1=O. The minimum Gasteiger partial charge on any atom is -0.459 e. The molecule has 13 heavy (non-hydrogen) atoms. The standard InChI is InChI=1S/C11H18O2/c1-3-10(2)8-11(13-9(10)12)6-4-5-7-11/h3-8H2,1-2H3. The summed E-state index contributed by atoms with van der Waals surface area (Å²) in [7, 11) is 0. The summed E-state index contributed by atoms with van der Waals surface area (Å²) in [6.45, 7) is 4.12. The molecule has 2 fully saturated rings. The van der Waals surface area contributed by atoms with Gasteiger partial charge in [0.25, 0.3) is 0 Å². The highest BCUT2D eigenvalue weighted by molar-refractivity contribution is 5.79. The second kappa shape index (κ2) is 2.73. The van der Waals surface area contributed by atoms with Gasteiger partial charge in [-0.3, -0.25) is 4.79 Å². The molecule has 1 unspecified atom stereocenters. The van der Waals surface area contributed by atoms with Crippen molar-refractivity contribution >= 4 is 5.97 Å². The van der Waals surface area contributed by atoms with Crippen LogP contribution in [-0.4, -0.2) is 11.6 Å². The van der Waals surface area contributed by atoms with E-state index in [2.05, 4.69) is 6.92 Å². The van der Waals surface area contributed by atoms with Crippen molar-refractivity contribution in [1.82, 2.24) is 0 Å². The van der Waals surface area contributed by atoms with Crippen molar-refractivity contribution in [3.05, 3.63) is 0 Å². The molecule has 1 saturated heterocycles. The highest BCUT2D eigenvalue weighted by atomic mass is 16.6. The quantitative estimate of drug-likeness (QED) is 0.583. The second-order valence-electron chi connectivity index (χ2n) is 4.87. The van der Waals surface area contributed by atoms with Gasteiger partial charge in [-0.2, -0.15) is 0 Å². The van der Waals surface area contributed by atoms with E-state index in [-0.39, 0.29) is 17.0 Å². The van der Waals surface area contributed by atoms with E-state index >= 15 is 0 Å². The van der Waals surface area contributed by atoms with Crippen LogP contribution in [0.5, 0.6) is 0 Å². The molecule has 1 saturated carbocycles. The third kappa shape index (κ3) is 1.27. The maximum Gasteiger partial charge on any atom is 0.312 e. The zero-order chi connectivity index (χ0) is 9.53. The zero-order valence-electron chi connectivity index (χ0n) is 8.56. The highest BCUT2D eigenvalue weighted by Gasteiger charge is 2.53. The van der Waals surface area contributed by atoms with Crippen molar-refractivity contribution in [2.75, 3.05) is 0 Å². The first kappa shape index (κ1) is 9.04. The average molecular weight is 182 g/mol. The lowest BCUT2D eigenvalue weighted by atomic mass is 9.79. The molecule has 1 heterocycles. The smallest absolute Gasteiger partial charge is 0.312 e. The Hall–Kier alpha value is -0.530. The van der Waals surface area contributed by atoms with Crippen LogP contribution in [0, 0.1) is 5.41 Å². The van der Waals surface area contributed by atoms with Crippen LogP contribution in [0.15, 0.2) is 0 Å². The van der Waals surface area contributed by atoms with Crippen LogP contribution in [0.4, 0.5) is 0 Å². The third-order valence-electron chi connectivity index (χ3n) is 3.81. The summed E-state index contributed by atoms with van der Waals surface area (Å²) in [6, 6.07) is 0. The fourth-order valence-corrected chi connectivity index (χ4v) is 2.71. The molecular formula is C11H18O2. The predicted molar refractivity (Wildman–Crippen MR) is 50.3 cm³/mol. The Bertz CT molecular complexity index is 228. The maximum atomic E-state index is 11.7. The number of esters is 1. The maximum absolute atomic E-state index is 11.7. The van der Waals surface area contributed by atoms with Crippen LogP contribution >= 0.6 is 0 Å². The Morgan fingerprint density at radius 1 is 1.38 bits per heavy atom. The van der Waals surface area contributed by atoms with Crippen LogP contribution in [0.3, 0.4) is 0 Å². The summed E-state index contributed by atoms with van der Waals surface area (Å²) < 4.78 is 5.58. The molecule has 0 amide bonds. The van der Waals surface area contributed by atoms with Gasteiger partial charge in [0.15, 0.2) is 0 Å². The van der Waals surface area contributed by atoms with Gasteiger partial charge in [-0.15, -0.1) is 0 Å². The number of carbonyl (C=O) groups excluding carboxylic acids is 1. The van der Waals surface area contributed by atoms with Gasteiger partial charge >= 0.3 is 5.97 Å². The van der Waals surface area contributed by atoms with Crippen molar-refractivity contribution in [1.29, 1.82) is 0 Å². The lowest BCUT2D eigenvalue weighted by Gasteiger charge is -2.22. The molecule has 1 atom stereocenters. The van der Waals surface area contributed by atoms with Crippen LogP contribution < -0.4 is 0 Å². The summed E-state index contributed by atoms with van der Waals surface area (Å²) in [6.07, 6.45) is 6.51.